The summed E-state index contributed by atoms with van der Waals surface area (Å²) in [7, 11) is 0. The average molecular weight is 275 g/mol. The van der Waals surface area contributed by atoms with Gasteiger partial charge in [0.2, 0.25) is 5.89 Å². The number of hydrogen-bond acceptors (Lipinski definition) is 4. The molecule has 1 aromatic heterocycles. The smallest absolute Gasteiger partial charge is 0.233 e. The summed E-state index contributed by atoms with van der Waals surface area (Å²) < 4.78 is 11.1. The zero-order valence-electron chi connectivity index (χ0n) is 9.97. The monoisotopic (exact) mass is 274 g/mol. The van der Waals surface area contributed by atoms with Gasteiger partial charge in [-0.1, -0.05) is 11.6 Å². The summed E-state index contributed by atoms with van der Waals surface area (Å²) in [5.74, 6) is 1.23. The molecule has 0 radical (unpaired) electrons. The van der Waals surface area contributed by atoms with Crippen molar-refractivity contribution in [2.75, 3.05) is 5.73 Å². The maximum absolute atomic E-state index is 5.89. The van der Waals surface area contributed by atoms with Crippen LogP contribution in [-0.2, 0) is 6.61 Å². The maximum Gasteiger partial charge on any atom is 0.233 e. The van der Waals surface area contributed by atoms with Crippen LogP contribution in [0.25, 0.3) is 11.1 Å². The number of hydrogen-bond donors (Lipinski definition) is 1. The summed E-state index contributed by atoms with van der Waals surface area (Å²) in [5, 5.41) is 0.631. The number of ether oxygens (including phenoxy) is 1. The number of rotatable bonds is 3. The second-order valence-electron chi connectivity index (χ2n) is 4.08. The Kier molecular flexibility index (Phi) is 3.01. The Hall–Kier alpha value is -2.20. The Labute approximate surface area is 114 Å². The molecule has 3 rings (SSSR count). The van der Waals surface area contributed by atoms with Gasteiger partial charge in [0, 0.05) is 10.7 Å². The number of nitrogens with two attached hydrogens (primary N) is 1. The van der Waals surface area contributed by atoms with Gasteiger partial charge in [0.05, 0.1) is 0 Å². The molecule has 0 amide bonds. The van der Waals surface area contributed by atoms with E-state index in [1.165, 1.54) is 0 Å². The number of anilines is 1. The summed E-state index contributed by atoms with van der Waals surface area (Å²) in [4.78, 5) is 4.31. The van der Waals surface area contributed by atoms with Crippen LogP contribution in [0.3, 0.4) is 0 Å². The number of nitrogens with zero attached hydrogens (tertiary/aromatic N) is 1. The molecule has 0 unspecified atom stereocenters. The van der Waals surface area contributed by atoms with Crippen molar-refractivity contribution < 1.29 is 9.15 Å². The minimum absolute atomic E-state index is 0.260. The van der Waals surface area contributed by atoms with E-state index in [0.717, 1.165) is 11.3 Å². The molecule has 0 fully saturated rings. The highest BCUT2D eigenvalue weighted by molar-refractivity contribution is 6.31. The van der Waals surface area contributed by atoms with Gasteiger partial charge in [0.1, 0.15) is 11.3 Å². The third-order valence-electron chi connectivity index (χ3n) is 2.64. The van der Waals surface area contributed by atoms with Gasteiger partial charge >= 0.3 is 0 Å². The third-order valence-corrected chi connectivity index (χ3v) is 2.87. The summed E-state index contributed by atoms with van der Waals surface area (Å²) in [5.41, 5.74) is 7.72. The number of fused-ring (bicyclic) bond motifs is 1. The molecule has 0 aliphatic heterocycles. The van der Waals surface area contributed by atoms with E-state index in [9.17, 15) is 0 Å². The molecule has 2 N–H and O–H groups in total. The highest BCUT2D eigenvalue weighted by Gasteiger charge is 2.06. The zero-order valence-corrected chi connectivity index (χ0v) is 10.7. The van der Waals surface area contributed by atoms with Gasteiger partial charge in [-0.15, -0.1) is 0 Å². The van der Waals surface area contributed by atoms with Crippen LogP contribution in [0.2, 0.25) is 5.02 Å². The Morgan fingerprint density at radius 3 is 2.74 bits per heavy atom. The maximum atomic E-state index is 5.89. The quantitative estimate of drug-likeness (QED) is 0.741. The lowest BCUT2D eigenvalue weighted by atomic mass is 10.3. The first-order valence-electron chi connectivity index (χ1n) is 5.74. The lowest BCUT2D eigenvalue weighted by Crippen LogP contribution is -1.95. The normalized spacial score (nSPS) is 10.8. The second-order valence-corrected chi connectivity index (χ2v) is 4.51. The first-order valence-corrected chi connectivity index (χ1v) is 6.12. The molecule has 0 saturated heterocycles. The largest absolute Gasteiger partial charge is 0.484 e. The lowest BCUT2D eigenvalue weighted by molar-refractivity contribution is 0.267. The standard InChI is InChI=1S/C14H11ClN2O2/c15-9-1-6-13-12(7-9)17-14(19-13)8-18-11-4-2-10(16)3-5-11/h1-7H,8,16H2. The van der Waals surface area contributed by atoms with Gasteiger partial charge in [0.25, 0.3) is 0 Å². The van der Waals surface area contributed by atoms with Crippen LogP contribution in [-0.4, -0.2) is 4.98 Å². The van der Waals surface area contributed by atoms with Crippen molar-refractivity contribution in [2.24, 2.45) is 0 Å². The molecule has 3 aromatic rings. The van der Waals surface area contributed by atoms with Gasteiger partial charge in [-0.05, 0) is 42.5 Å². The van der Waals surface area contributed by atoms with Crippen molar-refractivity contribution >= 4 is 28.4 Å². The number of oxazole rings is 1. The van der Waals surface area contributed by atoms with Crippen LogP contribution in [0, 0.1) is 0 Å². The number of aromatic nitrogens is 1. The van der Waals surface area contributed by atoms with E-state index in [1.807, 2.05) is 0 Å². The second kappa shape index (κ2) is 4.82. The van der Waals surface area contributed by atoms with Crippen LogP contribution in [0.5, 0.6) is 5.75 Å². The van der Waals surface area contributed by atoms with Crippen LogP contribution in [0.1, 0.15) is 5.89 Å². The molecule has 0 bridgehead atoms. The van der Waals surface area contributed by atoms with Gasteiger partial charge in [-0.3, -0.25) is 0 Å². The Morgan fingerprint density at radius 2 is 1.95 bits per heavy atom. The zero-order chi connectivity index (χ0) is 13.2. The van der Waals surface area contributed by atoms with Crippen molar-refractivity contribution in [3.63, 3.8) is 0 Å². The van der Waals surface area contributed by atoms with Gasteiger partial charge in [0.15, 0.2) is 12.2 Å². The minimum Gasteiger partial charge on any atom is -0.484 e. The fraction of sp³-hybridized carbons (Fsp3) is 0.0714. The molecule has 5 heteroatoms. The molecule has 4 nitrogen and oxygen atoms in total. The Bertz CT molecular complexity index is 707. The van der Waals surface area contributed by atoms with E-state index in [2.05, 4.69) is 4.98 Å². The molecule has 0 aliphatic carbocycles. The average Bonchev–Trinajstić information content (AvgIpc) is 2.80. The van der Waals surface area contributed by atoms with E-state index in [4.69, 9.17) is 26.5 Å². The van der Waals surface area contributed by atoms with Crippen molar-refractivity contribution in [3.05, 3.63) is 53.4 Å². The van der Waals surface area contributed by atoms with Crippen LogP contribution in [0.15, 0.2) is 46.9 Å². The molecule has 0 saturated carbocycles. The molecule has 96 valence electrons. The fourth-order valence-electron chi connectivity index (χ4n) is 1.72. The summed E-state index contributed by atoms with van der Waals surface area (Å²) >= 11 is 5.89. The van der Waals surface area contributed by atoms with E-state index >= 15 is 0 Å². The Balaban J connectivity index is 1.76. The predicted molar refractivity (Wildman–Crippen MR) is 74.2 cm³/mol. The molecule has 0 atom stereocenters. The van der Waals surface area contributed by atoms with Gasteiger partial charge in [-0.25, -0.2) is 4.98 Å². The van der Waals surface area contributed by atoms with E-state index in [1.54, 1.807) is 42.5 Å². The molecule has 2 aromatic carbocycles. The number of nitrogen functional groups attached to an aromatic ring is 1. The molecule has 0 spiro atoms. The van der Waals surface area contributed by atoms with Crippen molar-refractivity contribution in [3.8, 4) is 5.75 Å². The van der Waals surface area contributed by atoms with Crippen molar-refractivity contribution in [1.29, 1.82) is 0 Å². The summed E-state index contributed by atoms with van der Waals surface area (Å²) in [6.45, 7) is 0.260. The lowest BCUT2D eigenvalue weighted by Gasteiger charge is -2.02. The first kappa shape index (κ1) is 11.9. The summed E-state index contributed by atoms with van der Waals surface area (Å²) in [6, 6.07) is 12.5. The molecule has 19 heavy (non-hydrogen) atoms. The van der Waals surface area contributed by atoms with Gasteiger partial charge in [-0.2, -0.15) is 0 Å². The summed E-state index contributed by atoms with van der Waals surface area (Å²) in [6.07, 6.45) is 0. The number of benzene rings is 2. The van der Waals surface area contributed by atoms with Crippen LogP contribution >= 0.6 is 11.6 Å². The van der Waals surface area contributed by atoms with Crippen LogP contribution < -0.4 is 10.5 Å². The first-order chi connectivity index (χ1) is 9.20. The van der Waals surface area contributed by atoms with E-state index < -0.39 is 0 Å². The van der Waals surface area contributed by atoms with E-state index in [0.29, 0.717) is 22.2 Å². The van der Waals surface area contributed by atoms with Crippen molar-refractivity contribution in [1.82, 2.24) is 4.98 Å². The highest BCUT2D eigenvalue weighted by atomic mass is 35.5. The van der Waals surface area contributed by atoms with Crippen LogP contribution in [0.4, 0.5) is 5.69 Å². The highest BCUT2D eigenvalue weighted by Crippen LogP contribution is 2.21. The predicted octanol–water partition coefficient (Wildman–Crippen LogP) is 3.64. The number of halogens is 1. The van der Waals surface area contributed by atoms with Crippen molar-refractivity contribution in [2.45, 2.75) is 6.61 Å². The molecule has 1 heterocycles. The fourth-order valence-corrected chi connectivity index (χ4v) is 1.89. The minimum atomic E-state index is 0.260. The molecular weight excluding hydrogens is 264 g/mol. The SMILES string of the molecule is Nc1ccc(OCc2nc3cc(Cl)ccc3o2)cc1. The topological polar surface area (TPSA) is 61.3 Å². The molecule has 0 aliphatic rings. The van der Waals surface area contributed by atoms with Gasteiger partial charge < -0.3 is 14.9 Å². The molecular formula is C14H11ClN2O2. The van der Waals surface area contributed by atoms with E-state index in [-0.39, 0.29) is 6.61 Å². The Morgan fingerprint density at radius 1 is 1.16 bits per heavy atom. The third kappa shape index (κ3) is 2.63.